The molecule has 9 nitrogen and oxygen atoms in total. The second kappa shape index (κ2) is 9.74. The number of benzene rings is 2. The fraction of sp³-hybridized carbons (Fsp3) is 0.348. The third-order valence-corrected chi connectivity index (χ3v) is 5.91. The highest BCUT2D eigenvalue weighted by Gasteiger charge is 2.49. The van der Waals surface area contributed by atoms with Gasteiger partial charge in [0.15, 0.2) is 23.1 Å². The van der Waals surface area contributed by atoms with Gasteiger partial charge in [-0.15, -0.1) is 0 Å². The number of para-hydroxylation sites is 1. The molecule has 0 aliphatic carbocycles. The number of aromatic nitrogens is 1. The Labute approximate surface area is 195 Å². The van der Waals surface area contributed by atoms with Crippen LogP contribution in [0.3, 0.4) is 0 Å². The summed E-state index contributed by atoms with van der Waals surface area (Å²) < 4.78 is 17.6. The molecule has 0 saturated carbocycles. The molecule has 1 saturated heterocycles. The summed E-state index contributed by atoms with van der Waals surface area (Å²) in [5.74, 6) is -1.23. The van der Waals surface area contributed by atoms with E-state index < -0.39 is 29.8 Å². The Bertz CT molecular complexity index is 1120. The van der Waals surface area contributed by atoms with Crippen LogP contribution in [0.2, 0.25) is 0 Å². The number of carbonyl (C=O) groups is 2. The summed E-state index contributed by atoms with van der Waals surface area (Å²) in [7, 11) is 1.61. The highest BCUT2D eigenvalue weighted by atomic mass is 32.1. The van der Waals surface area contributed by atoms with Gasteiger partial charge < -0.3 is 24.8 Å². The van der Waals surface area contributed by atoms with E-state index in [2.05, 4.69) is 20.9 Å². The van der Waals surface area contributed by atoms with Gasteiger partial charge in [-0.2, -0.15) is 0 Å². The number of thiazole rings is 1. The molecule has 3 aromatic rings. The molecule has 1 fully saturated rings. The second-order valence-electron chi connectivity index (χ2n) is 7.90. The Morgan fingerprint density at radius 3 is 2.58 bits per heavy atom. The Morgan fingerprint density at radius 1 is 1.06 bits per heavy atom. The predicted molar refractivity (Wildman–Crippen MR) is 127 cm³/mol. The number of anilines is 2. The Hall–Kier alpha value is -3.21. The minimum Gasteiger partial charge on any atom is -0.497 e. The standard InChI is InChI=1S/C23H26N4O5S/c1-23(2)31-18(20(28)25-12-11-24-14-7-6-8-15(13-14)30-3)19(32-23)21(29)27-22-26-16-9-4-5-10-17(16)33-22/h4-10,13,18-19,24H,11-12H2,1-3H3,(H,25,28)(H,26,27,29)/t18-,19-/m0/s1. The van der Waals surface area contributed by atoms with Crippen molar-refractivity contribution >= 4 is 44.2 Å². The van der Waals surface area contributed by atoms with Gasteiger partial charge in [0.25, 0.3) is 11.8 Å². The zero-order chi connectivity index (χ0) is 23.4. The first kappa shape index (κ1) is 23.0. The van der Waals surface area contributed by atoms with E-state index in [4.69, 9.17) is 14.2 Å². The molecule has 174 valence electrons. The van der Waals surface area contributed by atoms with E-state index in [-0.39, 0.29) is 0 Å². The van der Waals surface area contributed by atoms with E-state index in [1.165, 1.54) is 11.3 Å². The van der Waals surface area contributed by atoms with Crippen LogP contribution in [0.5, 0.6) is 5.75 Å². The van der Waals surface area contributed by atoms with E-state index in [9.17, 15) is 9.59 Å². The summed E-state index contributed by atoms with van der Waals surface area (Å²) in [6.07, 6.45) is -2.18. The van der Waals surface area contributed by atoms with Crippen molar-refractivity contribution in [3.63, 3.8) is 0 Å². The number of hydrogen-bond acceptors (Lipinski definition) is 8. The number of nitrogens with zero attached hydrogens (tertiary/aromatic N) is 1. The molecular weight excluding hydrogens is 444 g/mol. The van der Waals surface area contributed by atoms with Crippen LogP contribution in [0.4, 0.5) is 10.8 Å². The van der Waals surface area contributed by atoms with Crippen molar-refractivity contribution in [2.24, 2.45) is 0 Å². The van der Waals surface area contributed by atoms with Crippen molar-refractivity contribution in [2.75, 3.05) is 30.8 Å². The van der Waals surface area contributed by atoms with Crippen molar-refractivity contribution in [1.29, 1.82) is 0 Å². The number of nitrogens with one attached hydrogen (secondary N) is 3. The monoisotopic (exact) mass is 470 g/mol. The Kier molecular flexibility index (Phi) is 6.77. The average Bonchev–Trinajstić information content (AvgIpc) is 3.36. The Morgan fingerprint density at radius 2 is 1.82 bits per heavy atom. The van der Waals surface area contributed by atoms with Crippen molar-refractivity contribution in [3.05, 3.63) is 48.5 Å². The number of amides is 2. The molecule has 1 aromatic heterocycles. The molecule has 3 N–H and O–H groups in total. The van der Waals surface area contributed by atoms with E-state index >= 15 is 0 Å². The summed E-state index contributed by atoms with van der Waals surface area (Å²) >= 11 is 1.35. The minimum absolute atomic E-state index is 0.336. The van der Waals surface area contributed by atoms with Crippen molar-refractivity contribution in [3.8, 4) is 5.75 Å². The largest absolute Gasteiger partial charge is 0.497 e. The molecule has 0 spiro atoms. The van der Waals surface area contributed by atoms with Crippen LogP contribution in [-0.4, -0.2) is 55.0 Å². The third kappa shape index (κ3) is 5.59. The van der Waals surface area contributed by atoms with Crippen LogP contribution in [0.1, 0.15) is 13.8 Å². The van der Waals surface area contributed by atoms with Crippen LogP contribution in [0.15, 0.2) is 48.5 Å². The lowest BCUT2D eigenvalue weighted by Crippen LogP contribution is -2.46. The molecule has 1 aliphatic heterocycles. The first-order valence-electron chi connectivity index (χ1n) is 10.5. The maximum atomic E-state index is 12.9. The normalized spacial score (nSPS) is 19.2. The van der Waals surface area contributed by atoms with Crippen molar-refractivity contribution < 1.29 is 23.8 Å². The second-order valence-corrected chi connectivity index (χ2v) is 8.93. The molecule has 0 radical (unpaired) electrons. The van der Waals surface area contributed by atoms with Gasteiger partial charge in [-0.25, -0.2) is 4.98 Å². The van der Waals surface area contributed by atoms with Crippen LogP contribution >= 0.6 is 11.3 Å². The molecular formula is C23H26N4O5S. The molecule has 4 rings (SSSR count). The molecule has 33 heavy (non-hydrogen) atoms. The van der Waals surface area contributed by atoms with Crippen LogP contribution in [-0.2, 0) is 19.1 Å². The average molecular weight is 471 g/mol. The van der Waals surface area contributed by atoms with Crippen LogP contribution < -0.4 is 20.7 Å². The van der Waals surface area contributed by atoms with Crippen molar-refractivity contribution in [1.82, 2.24) is 10.3 Å². The fourth-order valence-electron chi connectivity index (χ4n) is 3.47. The number of carbonyl (C=O) groups excluding carboxylic acids is 2. The van der Waals surface area contributed by atoms with Gasteiger partial charge in [0, 0.05) is 24.8 Å². The summed E-state index contributed by atoms with van der Waals surface area (Å²) in [5, 5.41) is 9.20. The highest BCUT2D eigenvalue weighted by molar-refractivity contribution is 7.22. The van der Waals surface area contributed by atoms with Gasteiger partial charge in [-0.3, -0.25) is 14.9 Å². The van der Waals surface area contributed by atoms with Crippen LogP contribution in [0, 0.1) is 0 Å². The molecule has 2 aromatic carbocycles. The number of ether oxygens (including phenoxy) is 3. The lowest BCUT2D eigenvalue weighted by Gasteiger charge is -2.16. The molecule has 2 amide bonds. The van der Waals surface area contributed by atoms with E-state index in [1.807, 2.05) is 48.5 Å². The maximum Gasteiger partial charge on any atom is 0.258 e. The van der Waals surface area contributed by atoms with E-state index in [0.717, 1.165) is 21.7 Å². The van der Waals surface area contributed by atoms with Gasteiger partial charge >= 0.3 is 0 Å². The maximum absolute atomic E-state index is 12.9. The smallest absolute Gasteiger partial charge is 0.258 e. The zero-order valence-corrected chi connectivity index (χ0v) is 19.4. The van der Waals surface area contributed by atoms with E-state index in [0.29, 0.717) is 18.2 Å². The molecule has 10 heteroatoms. The van der Waals surface area contributed by atoms with Crippen molar-refractivity contribution in [2.45, 2.75) is 31.8 Å². The fourth-order valence-corrected chi connectivity index (χ4v) is 4.34. The van der Waals surface area contributed by atoms with Crippen LogP contribution in [0.25, 0.3) is 10.2 Å². The zero-order valence-electron chi connectivity index (χ0n) is 18.6. The summed E-state index contributed by atoms with van der Waals surface area (Å²) in [4.78, 5) is 30.1. The molecule has 0 bridgehead atoms. The number of fused-ring (bicyclic) bond motifs is 1. The highest BCUT2D eigenvalue weighted by Crippen LogP contribution is 2.31. The first-order valence-corrected chi connectivity index (χ1v) is 11.3. The SMILES string of the molecule is COc1cccc(NCCNC(=O)[C@H]2OC(C)(C)O[C@@H]2C(=O)Nc2nc3ccccc3s2)c1. The van der Waals surface area contributed by atoms with E-state index in [1.54, 1.807) is 21.0 Å². The quantitative estimate of drug-likeness (QED) is 0.434. The summed E-state index contributed by atoms with van der Waals surface area (Å²) in [5.41, 5.74) is 1.66. The number of rotatable bonds is 8. The Balaban J connectivity index is 1.34. The van der Waals surface area contributed by atoms with Gasteiger partial charge in [0.1, 0.15) is 5.75 Å². The van der Waals surface area contributed by atoms with Gasteiger partial charge in [0.2, 0.25) is 0 Å². The number of hydrogen-bond donors (Lipinski definition) is 3. The van der Waals surface area contributed by atoms with Gasteiger partial charge in [-0.1, -0.05) is 29.5 Å². The third-order valence-electron chi connectivity index (χ3n) is 4.96. The minimum atomic E-state index is -1.10. The summed E-state index contributed by atoms with van der Waals surface area (Å²) in [6, 6.07) is 15.1. The first-order chi connectivity index (χ1) is 15.8. The predicted octanol–water partition coefficient (Wildman–Crippen LogP) is 2.99. The molecule has 1 aliphatic rings. The molecule has 2 heterocycles. The van der Waals surface area contributed by atoms with Gasteiger partial charge in [0.05, 0.1) is 17.3 Å². The molecule has 2 atom stereocenters. The lowest BCUT2D eigenvalue weighted by atomic mass is 10.2. The number of methoxy groups -OCH3 is 1. The topological polar surface area (TPSA) is 111 Å². The lowest BCUT2D eigenvalue weighted by molar-refractivity contribution is -0.158. The summed E-state index contributed by atoms with van der Waals surface area (Å²) in [6.45, 7) is 4.16. The van der Waals surface area contributed by atoms with Gasteiger partial charge in [-0.05, 0) is 38.1 Å². The molecule has 0 unspecified atom stereocenters.